The van der Waals surface area contributed by atoms with Crippen LogP contribution in [0.4, 0.5) is 17.6 Å². The van der Waals surface area contributed by atoms with E-state index in [4.69, 9.17) is 4.74 Å². The zero-order chi connectivity index (χ0) is 23.2. The highest BCUT2D eigenvalue weighted by Crippen LogP contribution is 2.41. The average molecular weight is 458 g/mol. The summed E-state index contributed by atoms with van der Waals surface area (Å²) < 4.78 is 58.5. The summed E-state index contributed by atoms with van der Waals surface area (Å²) >= 11 is 0. The number of fused-ring (bicyclic) bond motifs is 2. The van der Waals surface area contributed by atoms with Crippen LogP contribution in [-0.4, -0.2) is 44.4 Å². The average Bonchev–Trinajstić information content (AvgIpc) is 3.39. The molecule has 33 heavy (non-hydrogen) atoms. The highest BCUT2D eigenvalue weighted by Gasteiger charge is 2.49. The molecule has 5 rings (SSSR count). The lowest BCUT2D eigenvalue weighted by atomic mass is 10.0. The van der Waals surface area contributed by atoms with Crippen LogP contribution in [0.1, 0.15) is 28.8 Å². The van der Waals surface area contributed by atoms with Crippen LogP contribution < -0.4 is 4.74 Å². The summed E-state index contributed by atoms with van der Waals surface area (Å²) in [6, 6.07) is 7.73. The van der Waals surface area contributed by atoms with Crippen molar-refractivity contribution in [3.8, 4) is 17.3 Å². The van der Waals surface area contributed by atoms with Crippen LogP contribution in [0.3, 0.4) is 0 Å². The minimum absolute atomic E-state index is 0.00689. The number of piperidine rings is 1. The summed E-state index contributed by atoms with van der Waals surface area (Å²) in [6.07, 6.45) is 0.142. The van der Waals surface area contributed by atoms with Gasteiger partial charge in [-0.3, -0.25) is 14.8 Å². The van der Waals surface area contributed by atoms with E-state index in [9.17, 15) is 22.4 Å². The Balaban J connectivity index is 1.37. The molecule has 2 fully saturated rings. The van der Waals surface area contributed by atoms with Gasteiger partial charge in [0.1, 0.15) is 17.5 Å². The van der Waals surface area contributed by atoms with Crippen molar-refractivity contribution in [3.63, 3.8) is 0 Å². The van der Waals surface area contributed by atoms with Gasteiger partial charge in [0.2, 0.25) is 5.88 Å². The molecule has 1 aliphatic heterocycles. The maximum absolute atomic E-state index is 14.3. The number of carbonyl (C=O) groups excluding carboxylic acids is 1. The molecular formula is C23H18F4N4O2. The van der Waals surface area contributed by atoms with Gasteiger partial charge in [0, 0.05) is 31.2 Å². The van der Waals surface area contributed by atoms with Crippen molar-refractivity contribution in [2.75, 3.05) is 6.54 Å². The smallest absolute Gasteiger partial charge is 0.417 e. The fourth-order valence-corrected chi connectivity index (χ4v) is 4.58. The van der Waals surface area contributed by atoms with Gasteiger partial charge in [-0.2, -0.15) is 13.2 Å². The Morgan fingerprint density at radius 3 is 2.42 bits per heavy atom. The molecule has 3 aromatic rings. The number of nitrogens with zero attached hydrogens (tertiary/aromatic N) is 4. The molecule has 10 heteroatoms. The Morgan fingerprint density at radius 2 is 1.76 bits per heavy atom. The maximum atomic E-state index is 14.3. The number of ether oxygens (including phenoxy) is 1. The van der Waals surface area contributed by atoms with E-state index in [1.165, 1.54) is 30.6 Å². The van der Waals surface area contributed by atoms with Gasteiger partial charge in [-0.25, -0.2) is 9.37 Å². The van der Waals surface area contributed by atoms with Gasteiger partial charge < -0.3 is 9.64 Å². The first-order valence-corrected chi connectivity index (χ1v) is 10.4. The number of hydrogen-bond acceptors (Lipinski definition) is 5. The van der Waals surface area contributed by atoms with Crippen LogP contribution >= 0.6 is 0 Å². The number of hydrogen-bond donors (Lipinski definition) is 0. The first-order valence-electron chi connectivity index (χ1n) is 10.4. The molecule has 3 aromatic heterocycles. The van der Waals surface area contributed by atoms with Crippen molar-refractivity contribution in [1.29, 1.82) is 0 Å². The highest BCUT2D eigenvalue weighted by atomic mass is 19.4. The van der Waals surface area contributed by atoms with E-state index in [1.807, 2.05) is 0 Å². The first-order chi connectivity index (χ1) is 15.8. The molecule has 0 aromatic carbocycles. The molecule has 0 spiro atoms. The summed E-state index contributed by atoms with van der Waals surface area (Å²) in [6.45, 7) is 0.517. The van der Waals surface area contributed by atoms with Gasteiger partial charge in [0.25, 0.3) is 5.91 Å². The molecule has 0 radical (unpaired) electrons. The van der Waals surface area contributed by atoms with Crippen molar-refractivity contribution in [3.05, 3.63) is 71.9 Å². The third-order valence-corrected chi connectivity index (χ3v) is 6.04. The summed E-state index contributed by atoms with van der Waals surface area (Å²) in [7, 11) is 0. The molecule has 0 unspecified atom stereocenters. The van der Waals surface area contributed by atoms with E-state index >= 15 is 0 Å². The lowest BCUT2D eigenvalue weighted by Gasteiger charge is -2.33. The molecule has 1 saturated carbocycles. The molecule has 2 bridgehead atoms. The number of halogens is 4. The summed E-state index contributed by atoms with van der Waals surface area (Å²) in [5.74, 6) is -0.622. The number of carbonyl (C=O) groups is 1. The molecule has 1 saturated heterocycles. The molecule has 3 atom stereocenters. The third-order valence-electron chi connectivity index (χ3n) is 6.04. The van der Waals surface area contributed by atoms with E-state index in [-0.39, 0.29) is 40.7 Å². The van der Waals surface area contributed by atoms with Crippen molar-refractivity contribution < 1.29 is 27.1 Å². The van der Waals surface area contributed by atoms with E-state index in [0.29, 0.717) is 19.4 Å². The van der Waals surface area contributed by atoms with Crippen LogP contribution in [0, 0.1) is 11.7 Å². The van der Waals surface area contributed by atoms with Crippen LogP contribution in [-0.2, 0) is 6.18 Å². The molecule has 6 nitrogen and oxygen atoms in total. The molecule has 2 aliphatic rings. The number of rotatable bonds is 4. The zero-order valence-electron chi connectivity index (χ0n) is 17.2. The van der Waals surface area contributed by atoms with Crippen molar-refractivity contribution in [2.24, 2.45) is 5.92 Å². The second kappa shape index (κ2) is 8.09. The normalized spacial score (nSPS) is 21.9. The minimum Gasteiger partial charge on any atom is -0.472 e. The van der Waals surface area contributed by atoms with Gasteiger partial charge in [-0.1, -0.05) is 0 Å². The fraction of sp³-hybridized carbons (Fsp3) is 0.304. The summed E-state index contributed by atoms with van der Waals surface area (Å²) in [4.78, 5) is 27.1. The standard InChI is InChI=1S/C23H18F4N4O2/c24-16-4-2-8-29-21(16)20-15(3-1-7-28-20)22(32)31-12-13-9-17(31)18(10-13)33-19-6-5-14(11-30-19)23(25,26)27/h1-8,11,13,17-18H,9-10,12H2/t13-,17+,18-/m1/s1. The monoisotopic (exact) mass is 458 g/mol. The van der Waals surface area contributed by atoms with Crippen LogP contribution in [0.2, 0.25) is 0 Å². The largest absolute Gasteiger partial charge is 0.472 e. The molecule has 0 N–H and O–H groups in total. The van der Waals surface area contributed by atoms with Gasteiger partial charge >= 0.3 is 6.18 Å². The lowest BCUT2D eigenvalue weighted by Crippen LogP contribution is -2.47. The number of amides is 1. The first kappa shape index (κ1) is 21.3. The van der Waals surface area contributed by atoms with Gasteiger partial charge in [0.15, 0.2) is 5.82 Å². The van der Waals surface area contributed by atoms with Crippen LogP contribution in [0.25, 0.3) is 11.4 Å². The Hall–Kier alpha value is -3.56. The molecule has 4 heterocycles. The maximum Gasteiger partial charge on any atom is 0.417 e. The van der Waals surface area contributed by atoms with Crippen LogP contribution in [0.5, 0.6) is 5.88 Å². The van der Waals surface area contributed by atoms with E-state index in [1.54, 1.807) is 17.0 Å². The lowest BCUT2D eigenvalue weighted by molar-refractivity contribution is -0.137. The van der Waals surface area contributed by atoms with Crippen molar-refractivity contribution in [2.45, 2.75) is 31.2 Å². The zero-order valence-corrected chi connectivity index (χ0v) is 17.2. The van der Waals surface area contributed by atoms with E-state index in [2.05, 4.69) is 15.0 Å². The topological polar surface area (TPSA) is 68.2 Å². The van der Waals surface area contributed by atoms with Gasteiger partial charge in [-0.15, -0.1) is 0 Å². The Bertz CT molecular complexity index is 1190. The Labute approximate surface area is 186 Å². The van der Waals surface area contributed by atoms with Crippen molar-refractivity contribution >= 4 is 5.91 Å². The van der Waals surface area contributed by atoms with E-state index in [0.717, 1.165) is 12.3 Å². The number of likely N-dealkylation sites (tertiary alicyclic amines) is 1. The summed E-state index contributed by atoms with van der Waals surface area (Å²) in [5, 5.41) is 0. The quantitative estimate of drug-likeness (QED) is 0.543. The highest BCUT2D eigenvalue weighted by molar-refractivity contribution is 6.00. The molecule has 170 valence electrons. The summed E-state index contributed by atoms with van der Waals surface area (Å²) in [5.41, 5.74) is -0.475. The van der Waals surface area contributed by atoms with Gasteiger partial charge in [0.05, 0.1) is 17.2 Å². The van der Waals surface area contributed by atoms with E-state index < -0.39 is 23.7 Å². The van der Waals surface area contributed by atoms with Crippen LogP contribution in [0.15, 0.2) is 55.0 Å². The molecule has 1 aliphatic carbocycles. The molecular weight excluding hydrogens is 440 g/mol. The number of alkyl halides is 3. The number of pyridine rings is 3. The molecule has 1 amide bonds. The Kier molecular flexibility index (Phi) is 5.22. The minimum atomic E-state index is -4.48. The predicted octanol–water partition coefficient (Wildman–Crippen LogP) is 4.38. The van der Waals surface area contributed by atoms with Crippen molar-refractivity contribution in [1.82, 2.24) is 19.9 Å². The fourth-order valence-electron chi connectivity index (χ4n) is 4.58. The van der Waals surface area contributed by atoms with Gasteiger partial charge in [-0.05, 0) is 49.1 Å². The third kappa shape index (κ3) is 4.01. The Morgan fingerprint density at radius 1 is 1.00 bits per heavy atom. The second-order valence-electron chi connectivity index (χ2n) is 8.13. The second-order valence-corrected chi connectivity index (χ2v) is 8.13. The number of aromatic nitrogens is 3. The SMILES string of the molecule is O=C(c1cccnc1-c1ncccc1F)N1C[C@H]2C[C@@H](Oc3ccc(C(F)(F)F)cn3)[C@@H]1C2. The predicted molar refractivity (Wildman–Crippen MR) is 109 cm³/mol.